The van der Waals surface area contributed by atoms with Gasteiger partial charge in [0.15, 0.2) is 0 Å². The van der Waals surface area contributed by atoms with E-state index in [4.69, 9.17) is 0 Å². The van der Waals surface area contributed by atoms with E-state index in [-0.39, 0.29) is 0 Å². The van der Waals surface area contributed by atoms with Crippen LogP contribution in [-0.2, 0) is 10.0 Å². The van der Waals surface area contributed by atoms with Crippen LogP contribution >= 0.6 is 0 Å². The third-order valence-electron chi connectivity index (χ3n) is 1.75. The Kier molecular flexibility index (Phi) is 3.82. The first kappa shape index (κ1) is 12.9. The first-order valence-electron chi connectivity index (χ1n) is 4.79. The van der Waals surface area contributed by atoms with Gasteiger partial charge in [0, 0.05) is 18.3 Å². The van der Waals surface area contributed by atoms with Crippen molar-refractivity contribution in [2.24, 2.45) is 0 Å². The molecular formula is C9H16N4O2S. The van der Waals surface area contributed by atoms with Crippen LogP contribution in [0.25, 0.3) is 0 Å². The van der Waals surface area contributed by atoms with Gasteiger partial charge >= 0.3 is 0 Å². The van der Waals surface area contributed by atoms with Gasteiger partial charge in [-0.25, -0.2) is 13.1 Å². The normalized spacial score (nSPS) is 12.4. The van der Waals surface area contributed by atoms with Gasteiger partial charge in [0.2, 0.25) is 10.0 Å². The Morgan fingerprint density at radius 2 is 2.12 bits per heavy atom. The molecule has 1 aromatic heterocycles. The summed E-state index contributed by atoms with van der Waals surface area (Å²) in [4.78, 5) is 0. The molecule has 0 bridgehead atoms. The molecule has 1 aromatic rings. The lowest BCUT2D eigenvalue weighted by molar-refractivity contribution is 0.475. The second-order valence-corrected chi connectivity index (χ2v) is 5.97. The fourth-order valence-corrected chi connectivity index (χ4v) is 2.32. The first-order valence-corrected chi connectivity index (χ1v) is 6.68. The van der Waals surface area contributed by atoms with E-state index in [1.165, 1.54) is 0 Å². The molecule has 16 heavy (non-hydrogen) atoms. The summed E-state index contributed by atoms with van der Waals surface area (Å²) in [5.74, 6) is 0.617. The van der Waals surface area contributed by atoms with Crippen molar-refractivity contribution in [2.75, 3.05) is 18.1 Å². The maximum absolute atomic E-state index is 11.1. The first-order chi connectivity index (χ1) is 7.29. The van der Waals surface area contributed by atoms with Crippen molar-refractivity contribution in [3.63, 3.8) is 0 Å². The van der Waals surface area contributed by atoms with Gasteiger partial charge in [-0.2, -0.15) is 5.10 Å². The maximum atomic E-state index is 11.1. The summed E-state index contributed by atoms with van der Waals surface area (Å²) >= 11 is 0. The Hall–Kier alpha value is -1.21. The van der Waals surface area contributed by atoms with Crippen LogP contribution in [-0.4, -0.2) is 37.0 Å². The molecule has 0 unspecified atom stereocenters. The van der Waals surface area contributed by atoms with Gasteiger partial charge < -0.3 is 5.32 Å². The molecule has 0 aromatic carbocycles. The van der Waals surface area contributed by atoms with Gasteiger partial charge in [-0.05, 0) is 26.0 Å². The standard InChI is InChI=1S/C9H16N4O2S/c1-9(2,13-16(3,14)15)7-10-8-5-4-6-11-12-8/h4-6,13H,7H2,1-3H3,(H,10,12). The van der Waals surface area contributed by atoms with Crippen LogP contribution < -0.4 is 10.0 Å². The molecule has 0 aliphatic heterocycles. The number of sulfonamides is 1. The second-order valence-electron chi connectivity index (χ2n) is 4.22. The Bertz CT molecular complexity index is 430. The monoisotopic (exact) mass is 244 g/mol. The predicted molar refractivity (Wildman–Crippen MR) is 62.6 cm³/mol. The highest BCUT2D eigenvalue weighted by Crippen LogP contribution is 2.06. The van der Waals surface area contributed by atoms with Crippen molar-refractivity contribution in [2.45, 2.75) is 19.4 Å². The van der Waals surface area contributed by atoms with E-state index in [9.17, 15) is 8.42 Å². The topological polar surface area (TPSA) is 84.0 Å². The number of nitrogens with zero attached hydrogens (tertiary/aromatic N) is 2. The van der Waals surface area contributed by atoms with Crippen LogP contribution in [0.1, 0.15) is 13.8 Å². The number of hydrogen-bond acceptors (Lipinski definition) is 5. The SMILES string of the molecule is CC(C)(CNc1cccnn1)NS(C)(=O)=O. The van der Waals surface area contributed by atoms with E-state index in [2.05, 4.69) is 20.2 Å². The summed E-state index contributed by atoms with van der Waals surface area (Å²) in [7, 11) is -3.21. The lowest BCUT2D eigenvalue weighted by Crippen LogP contribution is -2.47. The van der Waals surface area contributed by atoms with Gasteiger partial charge in [-0.3, -0.25) is 0 Å². The van der Waals surface area contributed by atoms with E-state index in [1.54, 1.807) is 32.2 Å². The highest BCUT2D eigenvalue weighted by Gasteiger charge is 2.21. The number of anilines is 1. The molecule has 0 saturated carbocycles. The van der Waals surface area contributed by atoms with Crippen molar-refractivity contribution in [1.82, 2.24) is 14.9 Å². The van der Waals surface area contributed by atoms with Crippen molar-refractivity contribution < 1.29 is 8.42 Å². The molecule has 0 saturated heterocycles. The third kappa shape index (κ3) is 5.04. The smallest absolute Gasteiger partial charge is 0.209 e. The predicted octanol–water partition coefficient (Wildman–Crippen LogP) is 0.216. The maximum Gasteiger partial charge on any atom is 0.209 e. The average molecular weight is 244 g/mol. The molecule has 90 valence electrons. The molecule has 0 atom stereocenters. The van der Waals surface area contributed by atoms with Crippen molar-refractivity contribution in [3.05, 3.63) is 18.3 Å². The molecule has 0 radical (unpaired) electrons. The zero-order valence-electron chi connectivity index (χ0n) is 9.56. The van der Waals surface area contributed by atoms with Gasteiger partial charge in [-0.1, -0.05) is 0 Å². The number of rotatable bonds is 5. The lowest BCUT2D eigenvalue weighted by atomic mass is 10.1. The fraction of sp³-hybridized carbons (Fsp3) is 0.556. The van der Waals surface area contributed by atoms with Crippen LogP contribution in [0.2, 0.25) is 0 Å². The van der Waals surface area contributed by atoms with Crippen LogP contribution in [0.3, 0.4) is 0 Å². The minimum absolute atomic E-state index is 0.429. The van der Waals surface area contributed by atoms with E-state index >= 15 is 0 Å². The summed E-state index contributed by atoms with van der Waals surface area (Å²) in [6.45, 7) is 4.01. The van der Waals surface area contributed by atoms with Crippen LogP contribution in [0.15, 0.2) is 18.3 Å². The highest BCUT2D eigenvalue weighted by atomic mass is 32.2. The molecule has 1 rings (SSSR count). The molecule has 0 spiro atoms. The van der Waals surface area contributed by atoms with E-state index in [0.717, 1.165) is 6.26 Å². The molecule has 0 fully saturated rings. The number of hydrogen-bond donors (Lipinski definition) is 2. The molecule has 7 heteroatoms. The number of aromatic nitrogens is 2. The summed E-state index contributed by atoms with van der Waals surface area (Å²) < 4.78 is 24.7. The minimum Gasteiger partial charge on any atom is -0.367 e. The molecule has 0 aliphatic rings. The third-order valence-corrected chi connectivity index (χ3v) is 2.67. The fourth-order valence-electron chi connectivity index (χ4n) is 1.25. The van der Waals surface area contributed by atoms with Gasteiger partial charge in [-0.15, -0.1) is 5.10 Å². The zero-order chi connectivity index (χ0) is 12.2. The Morgan fingerprint density at radius 3 is 2.62 bits per heavy atom. The summed E-state index contributed by atoms with van der Waals surface area (Å²) in [5.41, 5.74) is -0.578. The second kappa shape index (κ2) is 4.75. The molecule has 6 nitrogen and oxygen atoms in total. The molecule has 0 aliphatic carbocycles. The van der Waals surface area contributed by atoms with Gasteiger partial charge in [0.1, 0.15) is 5.82 Å². The summed E-state index contributed by atoms with van der Waals surface area (Å²) in [6, 6.07) is 3.52. The Morgan fingerprint density at radius 1 is 1.44 bits per heavy atom. The Balaban J connectivity index is 2.55. The van der Waals surface area contributed by atoms with Crippen LogP contribution in [0.4, 0.5) is 5.82 Å². The Labute approximate surface area is 95.5 Å². The van der Waals surface area contributed by atoms with Gasteiger partial charge in [0.25, 0.3) is 0 Å². The molecule has 0 amide bonds. The van der Waals surface area contributed by atoms with Crippen LogP contribution in [0.5, 0.6) is 0 Å². The quantitative estimate of drug-likeness (QED) is 0.774. The minimum atomic E-state index is -3.21. The van der Waals surface area contributed by atoms with Crippen LogP contribution in [0, 0.1) is 0 Å². The zero-order valence-corrected chi connectivity index (χ0v) is 10.4. The summed E-state index contributed by atoms with van der Waals surface area (Å²) in [6.07, 6.45) is 2.71. The lowest BCUT2D eigenvalue weighted by Gasteiger charge is -2.25. The molecular weight excluding hydrogens is 228 g/mol. The highest BCUT2D eigenvalue weighted by molar-refractivity contribution is 7.88. The van der Waals surface area contributed by atoms with Gasteiger partial charge in [0.05, 0.1) is 6.26 Å². The van der Waals surface area contributed by atoms with E-state index in [0.29, 0.717) is 12.4 Å². The average Bonchev–Trinajstić information content (AvgIpc) is 2.13. The van der Waals surface area contributed by atoms with E-state index in [1.807, 2.05) is 0 Å². The van der Waals surface area contributed by atoms with Crippen molar-refractivity contribution >= 4 is 15.8 Å². The summed E-state index contributed by atoms with van der Waals surface area (Å²) in [5, 5.41) is 10.6. The molecule has 2 N–H and O–H groups in total. The van der Waals surface area contributed by atoms with Crippen molar-refractivity contribution in [3.8, 4) is 0 Å². The largest absolute Gasteiger partial charge is 0.367 e. The van der Waals surface area contributed by atoms with E-state index < -0.39 is 15.6 Å². The van der Waals surface area contributed by atoms with Crippen molar-refractivity contribution in [1.29, 1.82) is 0 Å². The number of nitrogens with one attached hydrogen (secondary N) is 2. The molecule has 1 heterocycles.